The monoisotopic (exact) mass is 288 g/mol. The standard InChI is InChI=1S/C15H13ClN2O2/c16-14-11-8-19-5-4-12(11)17-15(18-14)10-1-2-13-9(7-10)3-6-20-13/h1-2,7H,3-6,8H2. The smallest absolute Gasteiger partial charge is 0.161 e. The molecule has 0 amide bonds. The Morgan fingerprint density at radius 1 is 1.10 bits per heavy atom. The summed E-state index contributed by atoms with van der Waals surface area (Å²) in [6, 6.07) is 6.07. The first-order valence-electron chi connectivity index (χ1n) is 6.70. The summed E-state index contributed by atoms with van der Waals surface area (Å²) in [5.74, 6) is 1.65. The number of ether oxygens (including phenoxy) is 2. The van der Waals surface area contributed by atoms with Crippen molar-refractivity contribution in [3.63, 3.8) is 0 Å². The van der Waals surface area contributed by atoms with Crippen LogP contribution in [0.15, 0.2) is 18.2 Å². The Bertz CT molecular complexity index is 688. The number of fused-ring (bicyclic) bond motifs is 2. The van der Waals surface area contributed by atoms with E-state index in [0.29, 0.717) is 24.2 Å². The van der Waals surface area contributed by atoms with Crippen molar-refractivity contribution < 1.29 is 9.47 Å². The Balaban J connectivity index is 1.80. The second-order valence-electron chi connectivity index (χ2n) is 4.99. The maximum atomic E-state index is 6.26. The minimum atomic E-state index is 0.501. The lowest BCUT2D eigenvalue weighted by Crippen LogP contribution is -2.14. The molecule has 4 rings (SSSR count). The predicted octanol–water partition coefficient (Wildman–Crippen LogP) is 2.80. The van der Waals surface area contributed by atoms with Crippen LogP contribution < -0.4 is 4.74 Å². The minimum absolute atomic E-state index is 0.501. The molecule has 0 atom stereocenters. The van der Waals surface area contributed by atoms with Crippen LogP contribution in [0.25, 0.3) is 11.4 Å². The van der Waals surface area contributed by atoms with Crippen LogP contribution in [-0.4, -0.2) is 23.2 Å². The predicted molar refractivity (Wildman–Crippen MR) is 75.0 cm³/mol. The van der Waals surface area contributed by atoms with E-state index in [1.807, 2.05) is 12.1 Å². The van der Waals surface area contributed by atoms with Crippen LogP contribution in [0.5, 0.6) is 5.75 Å². The molecule has 0 saturated carbocycles. The average Bonchev–Trinajstić information content (AvgIpc) is 2.94. The molecule has 0 spiro atoms. The molecular formula is C15H13ClN2O2. The van der Waals surface area contributed by atoms with Gasteiger partial charge in [0.05, 0.1) is 25.5 Å². The third-order valence-electron chi connectivity index (χ3n) is 3.72. The van der Waals surface area contributed by atoms with Gasteiger partial charge in [-0.3, -0.25) is 0 Å². The van der Waals surface area contributed by atoms with Crippen LogP contribution >= 0.6 is 11.6 Å². The Hall–Kier alpha value is -1.65. The van der Waals surface area contributed by atoms with E-state index >= 15 is 0 Å². The van der Waals surface area contributed by atoms with Crippen molar-refractivity contribution in [2.45, 2.75) is 19.4 Å². The number of rotatable bonds is 1. The lowest BCUT2D eigenvalue weighted by Gasteiger charge is -2.17. The average molecular weight is 289 g/mol. The quantitative estimate of drug-likeness (QED) is 0.757. The molecular weight excluding hydrogens is 276 g/mol. The molecule has 2 aliphatic rings. The molecule has 102 valence electrons. The number of nitrogens with zero attached hydrogens (tertiary/aromatic N) is 2. The molecule has 1 aromatic heterocycles. The first-order chi connectivity index (χ1) is 9.81. The zero-order chi connectivity index (χ0) is 13.5. The highest BCUT2D eigenvalue weighted by Crippen LogP contribution is 2.31. The number of benzene rings is 1. The Morgan fingerprint density at radius 3 is 3.00 bits per heavy atom. The van der Waals surface area contributed by atoms with E-state index in [-0.39, 0.29) is 0 Å². The van der Waals surface area contributed by atoms with Gasteiger partial charge in [-0.05, 0) is 23.8 Å². The van der Waals surface area contributed by atoms with E-state index in [1.165, 1.54) is 5.56 Å². The fourth-order valence-electron chi connectivity index (χ4n) is 2.65. The highest BCUT2D eigenvalue weighted by atomic mass is 35.5. The number of hydrogen-bond acceptors (Lipinski definition) is 4. The summed E-state index contributed by atoms with van der Waals surface area (Å²) in [7, 11) is 0. The van der Waals surface area contributed by atoms with Crippen molar-refractivity contribution in [1.82, 2.24) is 9.97 Å². The third kappa shape index (κ3) is 1.96. The summed E-state index contributed by atoms with van der Waals surface area (Å²) in [6.07, 6.45) is 1.73. The highest BCUT2D eigenvalue weighted by Gasteiger charge is 2.19. The number of halogens is 1. The molecule has 0 aliphatic carbocycles. The Kier molecular flexibility index (Phi) is 2.86. The second-order valence-corrected chi connectivity index (χ2v) is 5.34. The summed E-state index contributed by atoms with van der Waals surface area (Å²) >= 11 is 6.26. The van der Waals surface area contributed by atoms with Crippen LogP contribution in [0.3, 0.4) is 0 Å². The fraction of sp³-hybridized carbons (Fsp3) is 0.333. The van der Waals surface area contributed by atoms with Crippen LogP contribution in [0.2, 0.25) is 5.15 Å². The van der Waals surface area contributed by atoms with E-state index in [0.717, 1.165) is 42.0 Å². The van der Waals surface area contributed by atoms with Crippen LogP contribution in [-0.2, 0) is 24.2 Å². The maximum Gasteiger partial charge on any atom is 0.161 e. The Labute approximate surface area is 121 Å². The molecule has 3 heterocycles. The molecule has 0 fully saturated rings. The van der Waals surface area contributed by atoms with Crippen molar-refractivity contribution in [2.75, 3.05) is 13.2 Å². The van der Waals surface area contributed by atoms with Gasteiger partial charge in [-0.1, -0.05) is 11.6 Å². The molecule has 0 bridgehead atoms. The van der Waals surface area contributed by atoms with Gasteiger partial charge in [-0.25, -0.2) is 9.97 Å². The van der Waals surface area contributed by atoms with Crippen molar-refractivity contribution >= 4 is 11.6 Å². The third-order valence-corrected chi connectivity index (χ3v) is 4.03. The summed E-state index contributed by atoms with van der Waals surface area (Å²) < 4.78 is 10.9. The molecule has 4 nitrogen and oxygen atoms in total. The first-order valence-corrected chi connectivity index (χ1v) is 7.08. The normalized spacial score (nSPS) is 16.4. The summed E-state index contributed by atoms with van der Waals surface area (Å²) in [5, 5.41) is 0.501. The summed E-state index contributed by atoms with van der Waals surface area (Å²) in [5.41, 5.74) is 4.13. The first kappa shape index (κ1) is 12.1. The zero-order valence-electron chi connectivity index (χ0n) is 10.9. The molecule has 2 aliphatic heterocycles. The summed E-state index contributed by atoms with van der Waals surface area (Å²) in [6.45, 7) is 1.95. The van der Waals surface area contributed by atoms with Crippen molar-refractivity contribution in [2.24, 2.45) is 0 Å². The Morgan fingerprint density at radius 2 is 2.05 bits per heavy atom. The van der Waals surface area contributed by atoms with Gasteiger partial charge in [0.1, 0.15) is 10.9 Å². The van der Waals surface area contributed by atoms with Crippen LogP contribution in [0.1, 0.15) is 16.8 Å². The SMILES string of the molecule is Clc1nc(-c2ccc3c(c2)CCO3)nc2c1COCC2. The van der Waals surface area contributed by atoms with E-state index in [2.05, 4.69) is 16.0 Å². The number of hydrogen-bond donors (Lipinski definition) is 0. The van der Waals surface area contributed by atoms with Gasteiger partial charge < -0.3 is 9.47 Å². The fourth-order valence-corrected chi connectivity index (χ4v) is 2.89. The van der Waals surface area contributed by atoms with Crippen LogP contribution in [0.4, 0.5) is 0 Å². The van der Waals surface area contributed by atoms with E-state index in [1.54, 1.807) is 0 Å². The van der Waals surface area contributed by atoms with Crippen molar-refractivity contribution in [3.8, 4) is 17.1 Å². The van der Waals surface area contributed by atoms with Gasteiger partial charge >= 0.3 is 0 Å². The van der Waals surface area contributed by atoms with Crippen LogP contribution in [0, 0.1) is 0 Å². The zero-order valence-corrected chi connectivity index (χ0v) is 11.6. The molecule has 2 aromatic rings. The van der Waals surface area contributed by atoms with Gasteiger partial charge in [-0.15, -0.1) is 0 Å². The van der Waals surface area contributed by atoms with Gasteiger partial charge in [-0.2, -0.15) is 0 Å². The van der Waals surface area contributed by atoms with E-state index in [9.17, 15) is 0 Å². The lowest BCUT2D eigenvalue weighted by atomic mass is 10.1. The topological polar surface area (TPSA) is 44.2 Å². The second kappa shape index (κ2) is 4.72. The van der Waals surface area contributed by atoms with Gasteiger partial charge in [0.25, 0.3) is 0 Å². The maximum absolute atomic E-state index is 6.26. The highest BCUT2D eigenvalue weighted by molar-refractivity contribution is 6.30. The van der Waals surface area contributed by atoms with Gasteiger partial charge in [0.2, 0.25) is 0 Å². The molecule has 20 heavy (non-hydrogen) atoms. The largest absolute Gasteiger partial charge is 0.493 e. The molecule has 5 heteroatoms. The molecule has 0 saturated heterocycles. The molecule has 0 N–H and O–H groups in total. The molecule has 0 unspecified atom stereocenters. The van der Waals surface area contributed by atoms with E-state index in [4.69, 9.17) is 21.1 Å². The molecule has 0 radical (unpaired) electrons. The molecule has 1 aromatic carbocycles. The van der Waals surface area contributed by atoms with E-state index < -0.39 is 0 Å². The van der Waals surface area contributed by atoms with Crippen molar-refractivity contribution in [1.29, 1.82) is 0 Å². The van der Waals surface area contributed by atoms with Gasteiger partial charge in [0, 0.05) is 24.0 Å². The minimum Gasteiger partial charge on any atom is -0.493 e. The summed E-state index contributed by atoms with van der Waals surface area (Å²) in [4.78, 5) is 9.07. The van der Waals surface area contributed by atoms with Gasteiger partial charge in [0.15, 0.2) is 5.82 Å². The lowest BCUT2D eigenvalue weighted by molar-refractivity contribution is 0.109. The van der Waals surface area contributed by atoms with Crippen molar-refractivity contribution in [3.05, 3.63) is 40.2 Å². The number of aromatic nitrogens is 2.